The summed E-state index contributed by atoms with van der Waals surface area (Å²) in [7, 11) is 2.00. The number of nitrogens with zero attached hydrogens (tertiary/aromatic N) is 3. The van der Waals surface area contributed by atoms with Gasteiger partial charge in [-0.1, -0.05) is 30.3 Å². The van der Waals surface area contributed by atoms with Crippen LogP contribution in [0.3, 0.4) is 0 Å². The van der Waals surface area contributed by atoms with Crippen molar-refractivity contribution in [1.82, 2.24) is 9.91 Å². The molecule has 28 heavy (non-hydrogen) atoms. The van der Waals surface area contributed by atoms with E-state index in [9.17, 15) is 5.11 Å². The number of hydrazone groups is 1. The molecule has 0 aliphatic carbocycles. The second-order valence-electron chi connectivity index (χ2n) is 8.15. The van der Waals surface area contributed by atoms with Crippen LogP contribution in [0, 0.1) is 0 Å². The second kappa shape index (κ2) is 8.33. The Kier molecular flexibility index (Phi) is 5.64. The van der Waals surface area contributed by atoms with Gasteiger partial charge in [-0.15, -0.1) is 0 Å². The van der Waals surface area contributed by atoms with Gasteiger partial charge >= 0.3 is 0 Å². The predicted octanol–water partition coefficient (Wildman–Crippen LogP) is 3.84. The van der Waals surface area contributed by atoms with Gasteiger partial charge in [0.25, 0.3) is 0 Å². The first kappa shape index (κ1) is 19.0. The van der Waals surface area contributed by atoms with Gasteiger partial charge in [0.15, 0.2) is 0 Å². The molecule has 2 heterocycles. The number of likely N-dealkylation sites (tertiary alicyclic amines) is 1. The summed E-state index contributed by atoms with van der Waals surface area (Å²) in [6.45, 7) is 2.82. The summed E-state index contributed by atoms with van der Waals surface area (Å²) in [5, 5.41) is 20.7. The number of hydrogen-bond donors (Lipinski definition) is 2. The molecule has 1 atom stereocenters. The maximum absolute atomic E-state index is 11.0. The fraction of sp³-hybridized carbons (Fsp3) is 0.435. The minimum absolute atomic E-state index is 0.348. The van der Waals surface area contributed by atoms with Crippen molar-refractivity contribution in [1.29, 1.82) is 0 Å². The lowest BCUT2D eigenvalue weighted by Crippen LogP contribution is -2.47. The van der Waals surface area contributed by atoms with Crippen molar-refractivity contribution in [2.24, 2.45) is 5.10 Å². The minimum Gasteiger partial charge on any atom is -0.390 e. The first-order valence-corrected chi connectivity index (χ1v) is 10.2. The minimum atomic E-state index is -0.549. The summed E-state index contributed by atoms with van der Waals surface area (Å²) >= 11 is 0. The monoisotopic (exact) mass is 378 g/mol. The Morgan fingerprint density at radius 3 is 2.36 bits per heavy atom. The predicted molar refractivity (Wildman–Crippen MR) is 115 cm³/mol. The normalized spacial score (nSPS) is 21.8. The topological polar surface area (TPSA) is 51.1 Å². The van der Waals surface area contributed by atoms with Gasteiger partial charge < -0.3 is 10.4 Å². The summed E-state index contributed by atoms with van der Waals surface area (Å²) in [5.74, 6) is 0. The van der Waals surface area contributed by atoms with Gasteiger partial charge in [0.05, 0.1) is 11.6 Å². The number of benzene rings is 2. The SMILES string of the molecule is CN1N=CCC1CC1(O)CCN(Cc2ccc(Nc3ccccc3)cc2)CC1. The molecule has 1 unspecified atom stereocenters. The Bertz CT molecular complexity index is 782. The van der Waals surface area contributed by atoms with Gasteiger partial charge in [0.1, 0.15) is 0 Å². The molecule has 2 aliphatic rings. The fourth-order valence-corrected chi connectivity index (χ4v) is 4.17. The van der Waals surface area contributed by atoms with Crippen molar-refractivity contribution in [3.05, 3.63) is 60.2 Å². The molecule has 1 fully saturated rings. The maximum Gasteiger partial charge on any atom is 0.0692 e. The van der Waals surface area contributed by atoms with E-state index in [1.807, 2.05) is 36.5 Å². The third-order valence-corrected chi connectivity index (χ3v) is 5.99. The Balaban J connectivity index is 1.26. The van der Waals surface area contributed by atoms with E-state index in [-0.39, 0.29) is 0 Å². The van der Waals surface area contributed by atoms with Crippen LogP contribution >= 0.6 is 0 Å². The first-order chi connectivity index (χ1) is 13.6. The van der Waals surface area contributed by atoms with Crippen LogP contribution in [0.2, 0.25) is 0 Å². The molecule has 0 saturated carbocycles. The Labute approximate surface area is 167 Å². The van der Waals surface area contributed by atoms with E-state index in [4.69, 9.17) is 0 Å². The van der Waals surface area contributed by atoms with Crippen LogP contribution in [0.25, 0.3) is 0 Å². The molecule has 0 aromatic heterocycles. The Morgan fingerprint density at radius 1 is 1.04 bits per heavy atom. The average molecular weight is 379 g/mol. The number of nitrogens with one attached hydrogen (secondary N) is 1. The largest absolute Gasteiger partial charge is 0.390 e. The molecule has 2 aromatic rings. The molecule has 0 spiro atoms. The van der Waals surface area contributed by atoms with Crippen molar-refractivity contribution in [2.75, 3.05) is 25.5 Å². The lowest BCUT2D eigenvalue weighted by atomic mass is 9.84. The third-order valence-electron chi connectivity index (χ3n) is 5.99. The number of piperidine rings is 1. The first-order valence-electron chi connectivity index (χ1n) is 10.2. The number of aliphatic hydroxyl groups is 1. The van der Waals surface area contributed by atoms with Crippen LogP contribution in [0.4, 0.5) is 11.4 Å². The Morgan fingerprint density at radius 2 is 1.71 bits per heavy atom. The molecular formula is C23H30N4O. The van der Waals surface area contributed by atoms with Gasteiger partial charge in [-0.05, 0) is 49.1 Å². The van der Waals surface area contributed by atoms with E-state index in [1.54, 1.807) is 0 Å². The van der Waals surface area contributed by atoms with Gasteiger partial charge in [0.2, 0.25) is 0 Å². The van der Waals surface area contributed by atoms with E-state index >= 15 is 0 Å². The van der Waals surface area contributed by atoms with Gasteiger partial charge in [-0.25, -0.2) is 0 Å². The quantitative estimate of drug-likeness (QED) is 0.802. The number of hydrogen-bond acceptors (Lipinski definition) is 5. The lowest BCUT2D eigenvalue weighted by molar-refractivity contribution is -0.0432. The van der Waals surface area contributed by atoms with Crippen LogP contribution in [-0.2, 0) is 6.54 Å². The molecule has 5 heteroatoms. The summed E-state index contributed by atoms with van der Waals surface area (Å²) in [5.41, 5.74) is 2.97. The highest BCUT2D eigenvalue weighted by Crippen LogP contribution is 2.31. The molecule has 1 saturated heterocycles. The zero-order valence-corrected chi connectivity index (χ0v) is 16.6. The van der Waals surface area contributed by atoms with Crippen LogP contribution in [0.15, 0.2) is 59.7 Å². The molecule has 5 nitrogen and oxygen atoms in total. The number of anilines is 2. The van der Waals surface area contributed by atoms with E-state index in [0.717, 1.165) is 56.7 Å². The van der Waals surface area contributed by atoms with Crippen molar-refractivity contribution in [3.63, 3.8) is 0 Å². The lowest BCUT2D eigenvalue weighted by Gasteiger charge is -2.40. The van der Waals surface area contributed by atoms with Crippen LogP contribution in [0.5, 0.6) is 0 Å². The van der Waals surface area contributed by atoms with Gasteiger partial charge in [0, 0.05) is 50.7 Å². The Hall–Kier alpha value is -2.37. The van der Waals surface area contributed by atoms with E-state index in [0.29, 0.717) is 6.04 Å². The van der Waals surface area contributed by atoms with Crippen molar-refractivity contribution in [2.45, 2.75) is 43.9 Å². The molecule has 0 amide bonds. The van der Waals surface area contributed by atoms with Crippen LogP contribution in [-0.4, -0.2) is 53.0 Å². The highest BCUT2D eigenvalue weighted by atomic mass is 16.3. The summed E-state index contributed by atoms with van der Waals surface area (Å²) in [4.78, 5) is 2.45. The van der Waals surface area contributed by atoms with Gasteiger partial charge in [-0.3, -0.25) is 9.91 Å². The summed E-state index contributed by atoms with van der Waals surface area (Å²) < 4.78 is 0. The number of rotatable bonds is 6. The summed E-state index contributed by atoms with van der Waals surface area (Å²) in [6, 6.07) is 19.2. The zero-order chi connectivity index (χ0) is 19.4. The smallest absolute Gasteiger partial charge is 0.0692 e. The average Bonchev–Trinajstić information content (AvgIpc) is 3.10. The molecule has 2 N–H and O–H groups in total. The van der Waals surface area contributed by atoms with Crippen molar-refractivity contribution >= 4 is 17.6 Å². The number of para-hydroxylation sites is 1. The van der Waals surface area contributed by atoms with Crippen molar-refractivity contribution in [3.8, 4) is 0 Å². The molecule has 0 bridgehead atoms. The maximum atomic E-state index is 11.0. The molecule has 2 aromatic carbocycles. The van der Waals surface area contributed by atoms with E-state index in [2.05, 4.69) is 51.7 Å². The molecular weight excluding hydrogens is 348 g/mol. The molecule has 2 aliphatic heterocycles. The fourth-order valence-electron chi connectivity index (χ4n) is 4.17. The molecule has 0 radical (unpaired) electrons. The van der Waals surface area contributed by atoms with E-state index in [1.165, 1.54) is 5.56 Å². The zero-order valence-electron chi connectivity index (χ0n) is 16.6. The van der Waals surface area contributed by atoms with Crippen molar-refractivity contribution < 1.29 is 5.11 Å². The molecule has 148 valence electrons. The van der Waals surface area contributed by atoms with E-state index < -0.39 is 5.60 Å². The second-order valence-corrected chi connectivity index (χ2v) is 8.15. The highest BCUT2D eigenvalue weighted by molar-refractivity contribution is 5.60. The third kappa shape index (κ3) is 4.72. The summed E-state index contributed by atoms with van der Waals surface area (Å²) in [6.07, 6.45) is 5.40. The van der Waals surface area contributed by atoms with Gasteiger partial charge in [-0.2, -0.15) is 5.10 Å². The molecule has 4 rings (SSSR count). The highest BCUT2D eigenvalue weighted by Gasteiger charge is 2.36. The van der Waals surface area contributed by atoms with Crippen LogP contribution in [0.1, 0.15) is 31.2 Å². The van der Waals surface area contributed by atoms with Crippen LogP contribution < -0.4 is 5.32 Å². The standard InChI is InChI=1S/C23H30N4O/c1-26-22(11-14-24-26)17-23(28)12-15-27(16-13-23)18-19-7-9-21(10-8-19)25-20-5-3-2-4-6-20/h2-10,14,22,25,28H,11-13,15-18H2,1H3.